The molecule has 0 saturated heterocycles. The molecule has 0 radical (unpaired) electrons. The van der Waals surface area contributed by atoms with Crippen molar-refractivity contribution in [2.24, 2.45) is 7.05 Å². The molecule has 0 unspecified atom stereocenters. The minimum Gasteiger partial charge on any atom is -0.481 e. The molecule has 2 rings (SSSR count). The van der Waals surface area contributed by atoms with Gasteiger partial charge >= 0.3 is 5.97 Å². The van der Waals surface area contributed by atoms with Gasteiger partial charge in [0.15, 0.2) is 0 Å². The van der Waals surface area contributed by atoms with E-state index in [-0.39, 0.29) is 5.82 Å². The van der Waals surface area contributed by atoms with Gasteiger partial charge in [0, 0.05) is 18.1 Å². The first-order valence-electron chi connectivity index (χ1n) is 5.33. The van der Waals surface area contributed by atoms with E-state index in [9.17, 15) is 14.3 Å². The number of carboxylic acids is 1. The molecule has 1 aromatic carbocycles. The second-order valence-corrected chi connectivity index (χ2v) is 4.69. The smallest absolute Gasteiger partial charge is 0.315 e. The third kappa shape index (κ3) is 1.60. The van der Waals surface area contributed by atoms with Crippen molar-refractivity contribution in [1.29, 1.82) is 0 Å². The van der Waals surface area contributed by atoms with E-state index >= 15 is 0 Å². The SMILES string of the molecule is Cn1c(C(C)(C)C(=O)O)cc2c(F)cccc21. The molecule has 0 spiro atoms. The average molecular weight is 235 g/mol. The number of halogens is 1. The molecule has 0 aliphatic carbocycles. The Morgan fingerprint density at radius 2 is 2.06 bits per heavy atom. The maximum absolute atomic E-state index is 13.6. The second kappa shape index (κ2) is 3.58. The Balaban J connectivity index is 2.77. The van der Waals surface area contributed by atoms with E-state index in [1.165, 1.54) is 6.07 Å². The minimum absolute atomic E-state index is 0.328. The van der Waals surface area contributed by atoms with Gasteiger partial charge in [-0.3, -0.25) is 4.79 Å². The van der Waals surface area contributed by atoms with Crippen LogP contribution in [0.1, 0.15) is 19.5 Å². The van der Waals surface area contributed by atoms with Crippen LogP contribution in [-0.2, 0) is 17.3 Å². The number of hydrogen-bond donors (Lipinski definition) is 1. The summed E-state index contributed by atoms with van der Waals surface area (Å²) in [5.41, 5.74) is 0.250. The number of aryl methyl sites for hydroxylation is 1. The van der Waals surface area contributed by atoms with Crippen LogP contribution >= 0.6 is 0 Å². The van der Waals surface area contributed by atoms with E-state index in [1.54, 1.807) is 43.7 Å². The molecular formula is C13H14FNO2. The van der Waals surface area contributed by atoms with Crippen LogP contribution in [0.4, 0.5) is 4.39 Å². The van der Waals surface area contributed by atoms with Gasteiger partial charge in [0.05, 0.1) is 5.52 Å². The molecule has 3 nitrogen and oxygen atoms in total. The summed E-state index contributed by atoms with van der Waals surface area (Å²) in [5, 5.41) is 9.66. The number of aromatic nitrogens is 1. The highest BCUT2D eigenvalue weighted by Crippen LogP contribution is 2.30. The van der Waals surface area contributed by atoms with Gasteiger partial charge in [0.2, 0.25) is 0 Å². The molecule has 1 aromatic heterocycles. The standard InChI is InChI=1S/C13H14FNO2/c1-13(2,12(16)17)11-7-8-9(14)5-4-6-10(8)15(11)3/h4-7H,1-3H3,(H,16,17). The Hall–Kier alpha value is -1.84. The van der Waals surface area contributed by atoms with Gasteiger partial charge in [-0.25, -0.2) is 4.39 Å². The number of carbonyl (C=O) groups is 1. The van der Waals surface area contributed by atoms with Crippen molar-refractivity contribution in [2.75, 3.05) is 0 Å². The van der Waals surface area contributed by atoms with E-state index in [1.807, 2.05) is 0 Å². The molecule has 1 heterocycles. The quantitative estimate of drug-likeness (QED) is 0.869. The van der Waals surface area contributed by atoms with E-state index in [0.717, 1.165) is 0 Å². The summed E-state index contributed by atoms with van der Waals surface area (Å²) in [6.45, 7) is 3.23. The lowest BCUT2D eigenvalue weighted by Gasteiger charge is -2.20. The average Bonchev–Trinajstić information content (AvgIpc) is 2.58. The fourth-order valence-corrected chi connectivity index (χ4v) is 2.03. The lowest BCUT2D eigenvalue weighted by atomic mass is 9.89. The molecule has 4 heteroatoms. The Labute approximate surface area is 98.5 Å². The van der Waals surface area contributed by atoms with Crippen LogP contribution in [0.25, 0.3) is 10.9 Å². The number of nitrogens with zero attached hydrogens (tertiary/aromatic N) is 1. The van der Waals surface area contributed by atoms with Gasteiger partial charge < -0.3 is 9.67 Å². The van der Waals surface area contributed by atoms with Crippen molar-refractivity contribution in [3.8, 4) is 0 Å². The molecule has 17 heavy (non-hydrogen) atoms. The van der Waals surface area contributed by atoms with Crippen molar-refractivity contribution in [1.82, 2.24) is 4.57 Å². The van der Waals surface area contributed by atoms with E-state index in [4.69, 9.17) is 0 Å². The number of rotatable bonds is 2. The van der Waals surface area contributed by atoms with Crippen molar-refractivity contribution in [3.63, 3.8) is 0 Å². The summed E-state index contributed by atoms with van der Waals surface area (Å²) in [6, 6.07) is 6.38. The lowest BCUT2D eigenvalue weighted by Crippen LogP contribution is -2.30. The Morgan fingerprint density at radius 1 is 1.41 bits per heavy atom. The van der Waals surface area contributed by atoms with Crippen molar-refractivity contribution >= 4 is 16.9 Å². The Kier molecular flexibility index (Phi) is 2.45. The predicted molar refractivity (Wildman–Crippen MR) is 63.5 cm³/mol. The first-order valence-corrected chi connectivity index (χ1v) is 5.33. The third-order valence-electron chi connectivity index (χ3n) is 3.21. The largest absolute Gasteiger partial charge is 0.481 e. The first-order chi connectivity index (χ1) is 7.85. The molecule has 0 saturated carbocycles. The summed E-state index contributed by atoms with van der Waals surface area (Å²) < 4.78 is 15.3. The van der Waals surface area contributed by atoms with Gasteiger partial charge in [-0.15, -0.1) is 0 Å². The van der Waals surface area contributed by atoms with Gasteiger partial charge in [0.1, 0.15) is 11.2 Å². The minimum atomic E-state index is -1.04. The van der Waals surface area contributed by atoms with Crippen LogP contribution in [-0.4, -0.2) is 15.6 Å². The topological polar surface area (TPSA) is 42.2 Å². The number of aliphatic carboxylic acids is 1. The zero-order valence-corrected chi connectivity index (χ0v) is 9.99. The molecule has 0 fully saturated rings. The number of hydrogen-bond acceptors (Lipinski definition) is 1. The van der Waals surface area contributed by atoms with Crippen LogP contribution in [0.3, 0.4) is 0 Å². The summed E-state index contributed by atoms with van der Waals surface area (Å²) in [5.74, 6) is -1.26. The van der Waals surface area contributed by atoms with Crippen LogP contribution in [0.15, 0.2) is 24.3 Å². The summed E-state index contributed by atoms with van der Waals surface area (Å²) in [4.78, 5) is 11.2. The van der Waals surface area contributed by atoms with Gasteiger partial charge in [-0.2, -0.15) is 0 Å². The van der Waals surface area contributed by atoms with Gasteiger partial charge in [0.25, 0.3) is 0 Å². The van der Waals surface area contributed by atoms with E-state index < -0.39 is 11.4 Å². The van der Waals surface area contributed by atoms with Crippen LogP contribution in [0.5, 0.6) is 0 Å². The maximum Gasteiger partial charge on any atom is 0.315 e. The third-order valence-corrected chi connectivity index (χ3v) is 3.21. The zero-order valence-electron chi connectivity index (χ0n) is 9.99. The number of fused-ring (bicyclic) bond motifs is 1. The molecule has 0 aliphatic heterocycles. The van der Waals surface area contributed by atoms with Crippen molar-refractivity contribution in [3.05, 3.63) is 35.8 Å². The Morgan fingerprint density at radius 3 is 2.59 bits per heavy atom. The van der Waals surface area contributed by atoms with Crippen molar-refractivity contribution in [2.45, 2.75) is 19.3 Å². The molecule has 0 bridgehead atoms. The second-order valence-electron chi connectivity index (χ2n) is 4.69. The summed E-state index contributed by atoms with van der Waals surface area (Å²) >= 11 is 0. The summed E-state index contributed by atoms with van der Waals surface area (Å²) in [7, 11) is 1.75. The van der Waals surface area contributed by atoms with Crippen LogP contribution in [0, 0.1) is 5.82 Å². The molecule has 2 aromatic rings. The maximum atomic E-state index is 13.6. The predicted octanol–water partition coefficient (Wildman–Crippen LogP) is 2.68. The fourth-order valence-electron chi connectivity index (χ4n) is 2.03. The van der Waals surface area contributed by atoms with Gasteiger partial charge in [-0.05, 0) is 32.0 Å². The zero-order chi connectivity index (χ0) is 12.8. The lowest BCUT2D eigenvalue weighted by molar-refractivity contribution is -0.142. The van der Waals surface area contributed by atoms with E-state index in [2.05, 4.69) is 0 Å². The highest BCUT2D eigenvalue weighted by molar-refractivity contribution is 5.86. The molecule has 0 atom stereocenters. The molecule has 1 N–H and O–H groups in total. The molecule has 0 amide bonds. The number of carboxylic acid groups (broad SMARTS) is 1. The monoisotopic (exact) mass is 235 g/mol. The molecule has 90 valence electrons. The Bertz CT molecular complexity index is 599. The number of benzene rings is 1. The molecular weight excluding hydrogens is 221 g/mol. The first kappa shape index (κ1) is 11.6. The van der Waals surface area contributed by atoms with Crippen LogP contribution in [0.2, 0.25) is 0 Å². The van der Waals surface area contributed by atoms with Crippen LogP contribution < -0.4 is 0 Å². The normalized spacial score (nSPS) is 12.0. The summed E-state index contributed by atoms with van der Waals surface area (Å²) in [6.07, 6.45) is 0. The highest BCUT2D eigenvalue weighted by atomic mass is 19.1. The highest BCUT2D eigenvalue weighted by Gasteiger charge is 2.32. The van der Waals surface area contributed by atoms with Gasteiger partial charge in [-0.1, -0.05) is 6.07 Å². The van der Waals surface area contributed by atoms with E-state index in [0.29, 0.717) is 16.6 Å². The molecule has 0 aliphatic rings. The fraction of sp³-hybridized carbons (Fsp3) is 0.308. The van der Waals surface area contributed by atoms with Crippen molar-refractivity contribution < 1.29 is 14.3 Å².